The second kappa shape index (κ2) is 5.53. The molecule has 0 saturated heterocycles. The number of ketones is 1. The van der Waals surface area contributed by atoms with Crippen molar-refractivity contribution in [3.63, 3.8) is 0 Å². The minimum atomic E-state index is -0.0629. The Morgan fingerprint density at radius 2 is 2.00 bits per heavy atom. The molecule has 0 N–H and O–H groups in total. The van der Waals surface area contributed by atoms with Crippen molar-refractivity contribution >= 4 is 32.5 Å². The lowest BCUT2D eigenvalue weighted by atomic mass is 9.75. The van der Waals surface area contributed by atoms with Crippen molar-refractivity contribution in [2.24, 2.45) is 10.4 Å². The zero-order chi connectivity index (χ0) is 15.0. The molecule has 1 heterocycles. The van der Waals surface area contributed by atoms with Crippen LogP contribution in [-0.4, -0.2) is 22.1 Å². The number of hydrogen-bond donors (Lipinski definition) is 0. The summed E-state index contributed by atoms with van der Waals surface area (Å²) >= 11 is 0. The highest BCUT2D eigenvalue weighted by Crippen LogP contribution is 2.45. The van der Waals surface area contributed by atoms with Crippen molar-refractivity contribution in [2.45, 2.75) is 51.3 Å². The van der Waals surface area contributed by atoms with Gasteiger partial charge in [-0.15, -0.1) is 10.5 Å². The van der Waals surface area contributed by atoms with E-state index in [0.29, 0.717) is 12.2 Å². The van der Waals surface area contributed by atoms with Gasteiger partial charge in [0.05, 0.1) is 16.3 Å². The summed E-state index contributed by atoms with van der Waals surface area (Å²) in [4.78, 5) is 19.9. The lowest BCUT2D eigenvalue weighted by Gasteiger charge is -2.34. The van der Waals surface area contributed by atoms with Crippen LogP contribution in [0.15, 0.2) is 34.2 Å². The maximum atomic E-state index is 12.7. The summed E-state index contributed by atoms with van der Waals surface area (Å²) < 4.78 is 0. The number of rotatable bonds is 3. The van der Waals surface area contributed by atoms with E-state index >= 15 is 0 Å². The number of nitrogens with zero attached hydrogens (tertiary/aromatic N) is 1. The van der Waals surface area contributed by atoms with E-state index in [9.17, 15) is 4.79 Å². The van der Waals surface area contributed by atoms with Crippen LogP contribution in [-0.2, 0) is 4.79 Å². The Kier molecular flexibility index (Phi) is 3.87. The molecule has 1 aromatic carbocycles. The van der Waals surface area contributed by atoms with Gasteiger partial charge in [0.1, 0.15) is 0 Å². The Hall–Kier alpha value is -1.22. The highest BCUT2D eigenvalue weighted by atomic mass is 32.2. The standard InChI is InChI=1S/C18H23NOS/c1-4-5-10-21-16-9-7-6-8-13(16)19-14-11-18(2,3)12-15(20)17(14)21/h6-9H,4-5,10-12H2,1-3H3. The molecule has 0 spiro atoms. The van der Waals surface area contributed by atoms with Gasteiger partial charge in [-0.1, -0.05) is 39.3 Å². The molecule has 2 aliphatic rings. The Balaban J connectivity index is 2.15. The summed E-state index contributed by atoms with van der Waals surface area (Å²) in [7, 11) is -0.0629. The second-order valence-electron chi connectivity index (χ2n) is 6.74. The summed E-state index contributed by atoms with van der Waals surface area (Å²) in [6.45, 7) is 6.56. The molecule has 1 fully saturated rings. The normalized spacial score (nSPS) is 23.4. The molecule has 1 aliphatic carbocycles. The molecule has 112 valence electrons. The van der Waals surface area contributed by atoms with Crippen LogP contribution in [0.1, 0.15) is 46.5 Å². The molecule has 2 nitrogen and oxygen atoms in total. The van der Waals surface area contributed by atoms with Gasteiger partial charge in [0.25, 0.3) is 0 Å². The number of unbranched alkanes of at least 4 members (excludes halogenated alkanes) is 1. The van der Waals surface area contributed by atoms with E-state index in [1.807, 2.05) is 6.07 Å². The van der Waals surface area contributed by atoms with Gasteiger partial charge >= 0.3 is 0 Å². The molecule has 1 aromatic rings. The van der Waals surface area contributed by atoms with Crippen LogP contribution in [0.5, 0.6) is 0 Å². The molecule has 0 bridgehead atoms. The molecule has 1 unspecified atom stereocenters. The van der Waals surface area contributed by atoms with Gasteiger partial charge < -0.3 is 0 Å². The van der Waals surface area contributed by atoms with Crippen molar-refractivity contribution in [1.29, 1.82) is 0 Å². The Bertz CT molecular complexity index is 655. The summed E-state index contributed by atoms with van der Waals surface area (Å²) in [5.41, 5.74) is 2.20. The van der Waals surface area contributed by atoms with E-state index in [4.69, 9.17) is 4.99 Å². The minimum absolute atomic E-state index is 0.0471. The molecule has 0 amide bonds. The topological polar surface area (TPSA) is 29.4 Å². The number of para-hydroxylation sites is 1. The number of hydrogen-bond acceptors (Lipinski definition) is 2. The van der Waals surface area contributed by atoms with E-state index < -0.39 is 0 Å². The van der Waals surface area contributed by atoms with E-state index in [1.54, 1.807) is 0 Å². The summed E-state index contributed by atoms with van der Waals surface area (Å²) in [6, 6.07) is 8.37. The molecule has 0 aromatic heterocycles. The molecular formula is C18H23NOS. The van der Waals surface area contributed by atoms with Crippen molar-refractivity contribution in [3.8, 4) is 0 Å². The predicted octanol–water partition coefficient (Wildman–Crippen LogP) is 4.76. The van der Waals surface area contributed by atoms with Gasteiger partial charge in [-0.3, -0.25) is 9.79 Å². The fraction of sp³-hybridized carbons (Fsp3) is 0.500. The Morgan fingerprint density at radius 1 is 1.24 bits per heavy atom. The number of aliphatic imine (C=N–C) groups is 1. The third-order valence-electron chi connectivity index (χ3n) is 4.14. The van der Waals surface area contributed by atoms with Gasteiger partial charge in [0.15, 0.2) is 5.78 Å². The quantitative estimate of drug-likeness (QED) is 0.740. The van der Waals surface area contributed by atoms with Gasteiger partial charge in [-0.25, -0.2) is 0 Å². The number of fused-ring (bicyclic) bond motifs is 2. The maximum absolute atomic E-state index is 12.7. The molecule has 1 atom stereocenters. The highest BCUT2D eigenvalue weighted by Gasteiger charge is 2.37. The smallest absolute Gasteiger partial charge is 0.171 e. The van der Waals surface area contributed by atoms with Crippen molar-refractivity contribution in [1.82, 2.24) is 0 Å². The van der Waals surface area contributed by atoms with E-state index in [-0.39, 0.29) is 15.9 Å². The monoisotopic (exact) mass is 301 g/mol. The van der Waals surface area contributed by atoms with Crippen LogP contribution in [0.2, 0.25) is 0 Å². The van der Waals surface area contributed by atoms with Gasteiger partial charge in [0.2, 0.25) is 0 Å². The first-order valence-electron chi connectivity index (χ1n) is 7.80. The minimum Gasteiger partial charge on any atom is -0.294 e. The molecule has 3 heteroatoms. The SMILES string of the molecule is CCCCS1=C2C(=O)CC(C)(C)CC2=Nc2ccccc21. The number of benzene rings is 1. The molecule has 21 heavy (non-hydrogen) atoms. The first-order chi connectivity index (χ1) is 10.0. The zero-order valence-electron chi connectivity index (χ0n) is 13.1. The number of Topliss-reactive ketones (excluding diaryl/α,β-unsaturated/α-hetero) is 1. The number of carbonyl (C=O) groups is 1. The van der Waals surface area contributed by atoms with Crippen LogP contribution in [0, 0.1) is 5.41 Å². The average molecular weight is 301 g/mol. The fourth-order valence-electron chi connectivity index (χ4n) is 3.16. The third-order valence-corrected chi connectivity index (χ3v) is 6.66. The van der Waals surface area contributed by atoms with Gasteiger partial charge in [-0.2, -0.15) is 0 Å². The lowest BCUT2D eigenvalue weighted by Crippen LogP contribution is -2.39. The van der Waals surface area contributed by atoms with Crippen LogP contribution < -0.4 is 0 Å². The lowest BCUT2D eigenvalue weighted by molar-refractivity contribution is -0.114. The summed E-state index contributed by atoms with van der Waals surface area (Å²) in [5.74, 6) is 1.42. The summed E-state index contributed by atoms with van der Waals surface area (Å²) in [5, 5.41) is 0. The van der Waals surface area contributed by atoms with Crippen molar-refractivity contribution in [2.75, 3.05) is 5.75 Å². The van der Waals surface area contributed by atoms with E-state index in [2.05, 4.69) is 39.0 Å². The van der Waals surface area contributed by atoms with Crippen LogP contribution >= 0.6 is 10.5 Å². The van der Waals surface area contributed by atoms with Crippen molar-refractivity contribution in [3.05, 3.63) is 24.3 Å². The van der Waals surface area contributed by atoms with Crippen LogP contribution in [0.4, 0.5) is 5.69 Å². The van der Waals surface area contributed by atoms with Gasteiger partial charge in [-0.05, 0) is 36.1 Å². The molecular weight excluding hydrogens is 278 g/mol. The van der Waals surface area contributed by atoms with Crippen molar-refractivity contribution < 1.29 is 4.79 Å². The largest absolute Gasteiger partial charge is 0.294 e. The van der Waals surface area contributed by atoms with Crippen LogP contribution in [0.3, 0.4) is 0 Å². The average Bonchev–Trinajstić information content (AvgIpc) is 2.42. The Labute approximate surface area is 129 Å². The second-order valence-corrected chi connectivity index (χ2v) is 8.78. The molecule has 1 aliphatic heterocycles. The van der Waals surface area contributed by atoms with Gasteiger partial charge in [0, 0.05) is 11.3 Å². The Morgan fingerprint density at radius 3 is 2.76 bits per heavy atom. The summed E-state index contributed by atoms with van der Waals surface area (Å²) in [6.07, 6.45) is 3.94. The third kappa shape index (κ3) is 2.76. The zero-order valence-corrected chi connectivity index (χ0v) is 13.9. The predicted molar refractivity (Wildman–Crippen MR) is 92.2 cm³/mol. The molecule has 3 rings (SSSR count). The fourth-order valence-corrected chi connectivity index (χ4v) is 5.74. The maximum Gasteiger partial charge on any atom is 0.171 e. The first-order valence-corrected chi connectivity index (χ1v) is 9.19. The van der Waals surface area contributed by atoms with Crippen LogP contribution in [0.25, 0.3) is 0 Å². The molecule has 1 saturated carbocycles. The van der Waals surface area contributed by atoms with E-state index in [0.717, 1.165) is 28.4 Å². The number of carbonyl (C=O) groups excluding carboxylic acids is 1. The first kappa shape index (κ1) is 14.7. The highest BCUT2D eigenvalue weighted by molar-refractivity contribution is 8.18. The van der Waals surface area contributed by atoms with E-state index in [1.165, 1.54) is 17.7 Å². The molecule has 0 radical (unpaired) electrons.